The Hall–Kier alpha value is -0.610. The van der Waals surface area contributed by atoms with E-state index in [1.54, 1.807) is 28.7 Å². The summed E-state index contributed by atoms with van der Waals surface area (Å²) in [5.74, 6) is -0.681. The molecular formula is C6H2ClFIN3. The molecule has 0 aliphatic carbocycles. The van der Waals surface area contributed by atoms with Gasteiger partial charge in [0.2, 0.25) is 0 Å². The molecule has 0 unspecified atom stereocenters. The van der Waals surface area contributed by atoms with E-state index in [0.29, 0.717) is 0 Å². The van der Waals surface area contributed by atoms with Gasteiger partial charge in [-0.25, -0.2) is 9.37 Å². The van der Waals surface area contributed by atoms with Gasteiger partial charge in [-0.1, -0.05) is 11.6 Å². The third kappa shape index (κ3) is 1.44. The van der Waals surface area contributed by atoms with Crippen molar-refractivity contribution in [3.05, 3.63) is 20.2 Å². The molecule has 3 nitrogen and oxygen atoms in total. The fourth-order valence-electron chi connectivity index (χ4n) is 0.605. The van der Waals surface area contributed by atoms with Crippen LogP contribution in [0.4, 0.5) is 10.1 Å². The maximum atomic E-state index is 12.9. The zero-order valence-corrected chi connectivity index (χ0v) is 8.52. The number of hydrogen-bond acceptors (Lipinski definition) is 3. The Kier molecular flexibility index (Phi) is 2.69. The van der Waals surface area contributed by atoms with Crippen LogP contribution in [0.3, 0.4) is 0 Å². The molecule has 0 amide bonds. The Balaban J connectivity index is 3.52. The number of anilines is 1. The largest absolute Gasteiger partial charge is 0.395 e. The van der Waals surface area contributed by atoms with E-state index in [4.69, 9.17) is 22.6 Å². The smallest absolute Gasteiger partial charge is 0.179 e. The second kappa shape index (κ2) is 3.41. The summed E-state index contributed by atoms with van der Waals surface area (Å²) in [4.78, 5) is 3.59. The number of nitrogens with zero attached hydrogens (tertiary/aromatic N) is 2. The fraction of sp³-hybridized carbons (Fsp3) is 0. The average Bonchev–Trinajstić information content (AvgIpc) is 2.08. The predicted octanol–water partition coefficient (Wildman–Crippen LogP) is 1.93. The van der Waals surface area contributed by atoms with Crippen molar-refractivity contribution in [2.45, 2.75) is 0 Å². The molecule has 1 aromatic rings. The zero-order valence-electron chi connectivity index (χ0n) is 5.61. The zero-order chi connectivity index (χ0) is 9.30. The summed E-state index contributed by atoms with van der Waals surface area (Å²) in [7, 11) is 0. The number of pyridine rings is 1. The monoisotopic (exact) mass is 297 g/mol. The number of hydrogen-bond donors (Lipinski definition) is 1. The van der Waals surface area contributed by atoms with Crippen LogP contribution >= 0.6 is 34.2 Å². The summed E-state index contributed by atoms with van der Waals surface area (Å²) in [6.45, 7) is 0. The van der Waals surface area contributed by atoms with Crippen molar-refractivity contribution in [1.82, 2.24) is 4.98 Å². The van der Waals surface area contributed by atoms with Gasteiger partial charge in [-0.05, 0) is 22.6 Å². The van der Waals surface area contributed by atoms with Gasteiger partial charge in [-0.3, -0.25) is 0 Å². The first-order chi connectivity index (χ1) is 5.57. The van der Waals surface area contributed by atoms with Crippen LogP contribution in [0.1, 0.15) is 5.69 Å². The first-order valence-electron chi connectivity index (χ1n) is 2.78. The van der Waals surface area contributed by atoms with Crippen LogP contribution < -0.4 is 5.73 Å². The molecule has 0 spiro atoms. The van der Waals surface area contributed by atoms with Gasteiger partial charge in [0.05, 0.1) is 5.69 Å². The summed E-state index contributed by atoms with van der Waals surface area (Å²) in [6, 6.07) is 1.71. The van der Waals surface area contributed by atoms with Crippen LogP contribution in [-0.4, -0.2) is 4.98 Å². The second-order valence-corrected chi connectivity index (χ2v) is 3.30. The second-order valence-electron chi connectivity index (χ2n) is 1.90. The lowest BCUT2D eigenvalue weighted by atomic mass is 10.3. The summed E-state index contributed by atoms with van der Waals surface area (Å²) in [5, 5.41) is 8.35. The van der Waals surface area contributed by atoms with Crippen molar-refractivity contribution in [2.75, 3.05) is 5.73 Å². The van der Waals surface area contributed by atoms with E-state index in [2.05, 4.69) is 4.98 Å². The van der Waals surface area contributed by atoms with Gasteiger partial charge in [0.25, 0.3) is 0 Å². The van der Waals surface area contributed by atoms with Gasteiger partial charge in [-0.15, -0.1) is 0 Å². The quantitative estimate of drug-likeness (QED) is 0.588. The van der Waals surface area contributed by atoms with E-state index < -0.39 is 5.82 Å². The molecule has 2 N–H and O–H groups in total. The van der Waals surface area contributed by atoms with Crippen LogP contribution in [0.15, 0.2) is 0 Å². The summed E-state index contributed by atoms with van der Waals surface area (Å²) >= 11 is 7.16. The molecular weight excluding hydrogens is 295 g/mol. The average molecular weight is 297 g/mol. The van der Waals surface area contributed by atoms with E-state index in [-0.39, 0.29) is 20.1 Å². The van der Waals surface area contributed by atoms with Crippen molar-refractivity contribution in [1.29, 1.82) is 5.26 Å². The number of nitrogens with two attached hydrogens (primary N) is 1. The summed E-state index contributed by atoms with van der Waals surface area (Å²) < 4.78 is 13.0. The molecule has 1 aromatic heterocycles. The minimum atomic E-state index is -0.681. The first-order valence-corrected chi connectivity index (χ1v) is 4.23. The Morgan fingerprint density at radius 2 is 2.25 bits per heavy atom. The molecule has 0 radical (unpaired) electrons. The summed E-state index contributed by atoms with van der Waals surface area (Å²) in [5.41, 5.74) is 4.97. The molecule has 0 aliphatic rings. The lowest BCUT2D eigenvalue weighted by Crippen LogP contribution is -2.00. The third-order valence-corrected chi connectivity index (χ3v) is 2.28. The number of halogens is 3. The highest BCUT2D eigenvalue weighted by molar-refractivity contribution is 14.1. The predicted molar refractivity (Wildman–Crippen MR) is 51.0 cm³/mol. The fourth-order valence-corrected chi connectivity index (χ4v) is 1.30. The van der Waals surface area contributed by atoms with Crippen molar-refractivity contribution < 1.29 is 4.39 Å². The topological polar surface area (TPSA) is 62.7 Å². The number of nitriles is 1. The lowest BCUT2D eigenvalue weighted by molar-refractivity contribution is 0.616. The number of rotatable bonds is 0. The van der Waals surface area contributed by atoms with E-state index in [1.165, 1.54) is 0 Å². The van der Waals surface area contributed by atoms with Crippen LogP contribution in [0.5, 0.6) is 0 Å². The Morgan fingerprint density at radius 3 is 2.75 bits per heavy atom. The van der Waals surface area contributed by atoms with Gasteiger partial charge in [0.1, 0.15) is 14.8 Å². The van der Waals surface area contributed by atoms with Crippen LogP contribution in [0.2, 0.25) is 5.02 Å². The molecule has 0 fully saturated rings. The standard InChI is InChI=1S/C6H2ClFIN3/c7-3-2(1-10)12-6(9)4(8)5(3)11/h(H2,11,12). The van der Waals surface area contributed by atoms with E-state index in [9.17, 15) is 4.39 Å². The molecule has 0 saturated heterocycles. The highest BCUT2D eigenvalue weighted by Gasteiger charge is 2.14. The molecule has 0 aromatic carbocycles. The normalized spacial score (nSPS) is 9.50. The molecule has 1 heterocycles. The Labute approximate surface area is 86.5 Å². The van der Waals surface area contributed by atoms with E-state index >= 15 is 0 Å². The van der Waals surface area contributed by atoms with Crippen LogP contribution in [0, 0.1) is 20.8 Å². The van der Waals surface area contributed by atoms with Gasteiger partial charge >= 0.3 is 0 Å². The highest BCUT2D eigenvalue weighted by atomic mass is 127. The van der Waals surface area contributed by atoms with Gasteiger partial charge in [-0.2, -0.15) is 5.26 Å². The van der Waals surface area contributed by atoms with Crippen LogP contribution in [0.25, 0.3) is 0 Å². The first kappa shape index (κ1) is 9.48. The molecule has 0 bridgehead atoms. The van der Waals surface area contributed by atoms with Gasteiger partial charge in [0, 0.05) is 0 Å². The maximum absolute atomic E-state index is 12.9. The molecule has 0 saturated carbocycles. The van der Waals surface area contributed by atoms with E-state index in [0.717, 1.165) is 0 Å². The van der Waals surface area contributed by atoms with Gasteiger partial charge < -0.3 is 5.73 Å². The Morgan fingerprint density at radius 1 is 1.67 bits per heavy atom. The van der Waals surface area contributed by atoms with Crippen molar-refractivity contribution >= 4 is 39.9 Å². The van der Waals surface area contributed by atoms with E-state index in [1.807, 2.05) is 0 Å². The SMILES string of the molecule is N#Cc1nc(I)c(F)c(N)c1Cl. The molecule has 6 heteroatoms. The van der Waals surface area contributed by atoms with Crippen LogP contribution in [-0.2, 0) is 0 Å². The number of aromatic nitrogens is 1. The molecule has 62 valence electrons. The lowest BCUT2D eigenvalue weighted by Gasteiger charge is -2.01. The van der Waals surface area contributed by atoms with Crippen molar-refractivity contribution in [2.24, 2.45) is 0 Å². The maximum Gasteiger partial charge on any atom is 0.179 e. The minimum absolute atomic E-state index is 0.0473. The molecule has 0 atom stereocenters. The van der Waals surface area contributed by atoms with Crippen molar-refractivity contribution in [3.63, 3.8) is 0 Å². The Bertz CT molecular complexity index is 374. The minimum Gasteiger partial charge on any atom is -0.395 e. The molecule has 12 heavy (non-hydrogen) atoms. The van der Waals surface area contributed by atoms with Crippen molar-refractivity contribution in [3.8, 4) is 6.07 Å². The number of nitrogen functional groups attached to an aromatic ring is 1. The summed E-state index contributed by atoms with van der Waals surface area (Å²) in [6.07, 6.45) is 0. The van der Waals surface area contributed by atoms with Gasteiger partial charge in [0.15, 0.2) is 11.5 Å². The molecule has 1 rings (SSSR count). The third-order valence-electron chi connectivity index (χ3n) is 1.18. The highest BCUT2D eigenvalue weighted by Crippen LogP contribution is 2.26. The molecule has 0 aliphatic heterocycles.